The Morgan fingerprint density at radius 2 is 1.57 bits per heavy atom. The van der Waals surface area contributed by atoms with Crippen LogP contribution in [0.5, 0.6) is 0 Å². The van der Waals surface area contributed by atoms with E-state index < -0.39 is 0 Å². The van der Waals surface area contributed by atoms with Crippen LogP contribution in [0.4, 0.5) is 0 Å². The molecule has 3 rings (SSSR count). The van der Waals surface area contributed by atoms with Crippen molar-refractivity contribution in [1.29, 1.82) is 0 Å². The second-order valence-electron chi connectivity index (χ2n) is 7.48. The fraction of sp³-hybridized carbons (Fsp3) is 0.700. The number of aryl methyl sites for hydroxylation is 1. The minimum absolute atomic E-state index is 0.715. The Kier molecular flexibility index (Phi) is 5.00. The molecule has 0 saturated heterocycles. The molecule has 1 N–H and O–H groups in total. The zero-order valence-electron chi connectivity index (χ0n) is 13.8. The van der Waals surface area contributed by atoms with Crippen molar-refractivity contribution in [3.63, 3.8) is 0 Å². The van der Waals surface area contributed by atoms with Crippen LogP contribution in [0, 0.1) is 12.8 Å². The van der Waals surface area contributed by atoms with Crippen LogP contribution >= 0.6 is 0 Å². The van der Waals surface area contributed by atoms with Gasteiger partial charge in [0, 0.05) is 12.1 Å². The van der Waals surface area contributed by atoms with E-state index in [1.165, 1.54) is 56.9 Å². The molecule has 116 valence electrons. The molecular weight excluding hydrogens is 254 g/mol. The normalized spacial score (nSPS) is 28.7. The van der Waals surface area contributed by atoms with Crippen molar-refractivity contribution in [2.45, 2.75) is 83.2 Å². The molecule has 0 amide bonds. The van der Waals surface area contributed by atoms with Crippen molar-refractivity contribution in [1.82, 2.24) is 5.32 Å². The van der Waals surface area contributed by atoms with Gasteiger partial charge in [0.2, 0.25) is 0 Å². The molecule has 0 bridgehead atoms. The summed E-state index contributed by atoms with van der Waals surface area (Å²) < 4.78 is 0. The second-order valence-corrected chi connectivity index (χ2v) is 7.48. The second kappa shape index (κ2) is 6.96. The van der Waals surface area contributed by atoms with Crippen molar-refractivity contribution in [3.05, 3.63) is 35.4 Å². The fourth-order valence-electron chi connectivity index (χ4n) is 4.18. The monoisotopic (exact) mass is 285 g/mol. The highest BCUT2D eigenvalue weighted by Gasteiger charge is 2.32. The maximum absolute atomic E-state index is 3.92. The molecule has 0 aliphatic heterocycles. The Hall–Kier alpha value is -0.820. The minimum atomic E-state index is 0.715. The van der Waals surface area contributed by atoms with E-state index in [1.54, 1.807) is 5.56 Å². The van der Waals surface area contributed by atoms with E-state index in [4.69, 9.17) is 0 Å². The largest absolute Gasteiger partial charge is 0.311 e. The van der Waals surface area contributed by atoms with Crippen molar-refractivity contribution >= 4 is 0 Å². The van der Waals surface area contributed by atoms with Crippen LogP contribution in [-0.4, -0.2) is 12.1 Å². The van der Waals surface area contributed by atoms with E-state index in [1.807, 2.05) is 0 Å². The molecule has 1 atom stereocenters. The maximum Gasteiger partial charge on any atom is 0.00813 e. The van der Waals surface area contributed by atoms with Crippen LogP contribution in [0.1, 0.15) is 75.3 Å². The van der Waals surface area contributed by atoms with E-state index >= 15 is 0 Å². The average molecular weight is 285 g/mol. The zero-order valence-corrected chi connectivity index (χ0v) is 13.8. The molecule has 2 aliphatic rings. The zero-order chi connectivity index (χ0) is 14.7. The van der Waals surface area contributed by atoms with Gasteiger partial charge in [-0.2, -0.15) is 0 Å². The first-order chi connectivity index (χ1) is 10.2. The Labute approximate surface area is 130 Å². The molecule has 0 spiro atoms. The topological polar surface area (TPSA) is 12.0 Å². The van der Waals surface area contributed by atoms with Crippen molar-refractivity contribution < 1.29 is 0 Å². The maximum atomic E-state index is 3.92. The predicted octanol–water partition coefficient (Wildman–Crippen LogP) is 5.19. The summed E-state index contributed by atoms with van der Waals surface area (Å²) in [6.45, 7) is 4.60. The van der Waals surface area contributed by atoms with Gasteiger partial charge in [-0.3, -0.25) is 0 Å². The van der Waals surface area contributed by atoms with Gasteiger partial charge in [0.25, 0.3) is 0 Å². The molecular formula is C20H31N. The van der Waals surface area contributed by atoms with E-state index in [0.29, 0.717) is 6.04 Å². The lowest BCUT2D eigenvalue weighted by atomic mass is 9.75. The summed E-state index contributed by atoms with van der Waals surface area (Å²) in [5.74, 6) is 1.72. The number of nitrogens with one attached hydrogen (secondary N) is 1. The average Bonchev–Trinajstić information content (AvgIpc) is 2.72. The quantitative estimate of drug-likeness (QED) is 0.751. The van der Waals surface area contributed by atoms with Gasteiger partial charge >= 0.3 is 0 Å². The first-order valence-electron chi connectivity index (χ1n) is 9.05. The summed E-state index contributed by atoms with van der Waals surface area (Å²) >= 11 is 0. The molecule has 2 saturated carbocycles. The van der Waals surface area contributed by atoms with Gasteiger partial charge in [-0.15, -0.1) is 0 Å². The Bertz CT molecular complexity index is 422. The van der Waals surface area contributed by atoms with Crippen LogP contribution in [0.3, 0.4) is 0 Å². The highest BCUT2D eigenvalue weighted by atomic mass is 15.0. The van der Waals surface area contributed by atoms with Crippen molar-refractivity contribution in [3.8, 4) is 0 Å². The number of hydrogen-bond donors (Lipinski definition) is 1. The third-order valence-corrected chi connectivity index (χ3v) is 5.79. The Morgan fingerprint density at radius 3 is 2.19 bits per heavy atom. The van der Waals surface area contributed by atoms with Crippen LogP contribution in [-0.2, 0) is 0 Å². The number of hydrogen-bond acceptors (Lipinski definition) is 1. The van der Waals surface area contributed by atoms with E-state index in [9.17, 15) is 0 Å². The van der Waals surface area contributed by atoms with Gasteiger partial charge in [-0.25, -0.2) is 0 Å². The molecule has 1 aromatic rings. The summed E-state index contributed by atoms with van der Waals surface area (Å²) in [4.78, 5) is 0. The van der Waals surface area contributed by atoms with E-state index in [0.717, 1.165) is 17.9 Å². The van der Waals surface area contributed by atoms with Crippen molar-refractivity contribution in [2.24, 2.45) is 5.92 Å². The predicted molar refractivity (Wildman–Crippen MR) is 90.7 cm³/mol. The summed E-state index contributed by atoms with van der Waals surface area (Å²) in [5.41, 5.74) is 2.91. The standard InChI is InChI=1S/C20H31N/c1-15-9-11-18(12-10-15)19-13-20(14-19)21-16(2)17-7-5-3-4-6-8-17/h9-12,16-17,19-21H,3-8,13-14H2,1-2H3/t16-,19?,20?/m0/s1. The highest BCUT2D eigenvalue weighted by Crippen LogP contribution is 2.38. The van der Waals surface area contributed by atoms with E-state index in [-0.39, 0.29) is 0 Å². The molecule has 0 radical (unpaired) electrons. The Balaban J connectivity index is 1.44. The smallest absolute Gasteiger partial charge is 0.00813 e. The molecule has 0 heterocycles. The van der Waals surface area contributed by atoms with Gasteiger partial charge < -0.3 is 5.32 Å². The van der Waals surface area contributed by atoms with Crippen LogP contribution in [0.25, 0.3) is 0 Å². The summed E-state index contributed by atoms with van der Waals surface area (Å²) in [5, 5.41) is 3.92. The molecule has 1 heteroatoms. The molecule has 21 heavy (non-hydrogen) atoms. The summed E-state index contributed by atoms with van der Waals surface area (Å²) in [7, 11) is 0. The van der Waals surface area contributed by atoms with E-state index in [2.05, 4.69) is 43.4 Å². The van der Waals surface area contributed by atoms with Crippen molar-refractivity contribution in [2.75, 3.05) is 0 Å². The molecule has 0 aromatic heterocycles. The molecule has 1 aromatic carbocycles. The minimum Gasteiger partial charge on any atom is -0.311 e. The van der Waals surface area contributed by atoms with Crippen LogP contribution < -0.4 is 5.32 Å². The van der Waals surface area contributed by atoms with Gasteiger partial charge in [0.1, 0.15) is 0 Å². The first kappa shape index (κ1) is 15.1. The summed E-state index contributed by atoms with van der Waals surface area (Å²) in [6.07, 6.45) is 11.4. The van der Waals surface area contributed by atoms with Gasteiger partial charge in [0.05, 0.1) is 0 Å². The lowest BCUT2D eigenvalue weighted by molar-refractivity contribution is 0.228. The lowest BCUT2D eigenvalue weighted by Gasteiger charge is -2.40. The molecule has 0 unspecified atom stereocenters. The lowest BCUT2D eigenvalue weighted by Crippen LogP contribution is -2.47. The molecule has 1 nitrogen and oxygen atoms in total. The molecule has 2 fully saturated rings. The number of rotatable bonds is 4. The SMILES string of the molecule is Cc1ccc(C2CC(N[C@@H](C)C3CCCCCC3)C2)cc1. The van der Waals surface area contributed by atoms with Gasteiger partial charge in [-0.1, -0.05) is 55.5 Å². The van der Waals surface area contributed by atoms with Gasteiger partial charge in [0.15, 0.2) is 0 Å². The highest BCUT2D eigenvalue weighted by molar-refractivity contribution is 5.26. The third kappa shape index (κ3) is 3.88. The Morgan fingerprint density at radius 1 is 0.952 bits per heavy atom. The number of benzene rings is 1. The summed E-state index contributed by atoms with van der Waals surface area (Å²) in [6, 6.07) is 10.6. The van der Waals surface area contributed by atoms with Crippen LogP contribution in [0.15, 0.2) is 24.3 Å². The van der Waals surface area contributed by atoms with Gasteiger partial charge in [-0.05, 0) is 56.9 Å². The third-order valence-electron chi connectivity index (χ3n) is 5.79. The first-order valence-corrected chi connectivity index (χ1v) is 9.05. The van der Waals surface area contributed by atoms with Crippen LogP contribution in [0.2, 0.25) is 0 Å². The molecule has 2 aliphatic carbocycles. The fourth-order valence-corrected chi connectivity index (χ4v) is 4.18.